The molecule has 0 bridgehead atoms. The number of amides is 1. The Morgan fingerprint density at radius 1 is 1.10 bits per heavy atom. The van der Waals surface area contributed by atoms with Crippen LogP contribution in [0.4, 0.5) is 5.69 Å². The highest BCUT2D eigenvalue weighted by Crippen LogP contribution is 2.33. The Morgan fingerprint density at radius 2 is 1.81 bits per heavy atom. The van der Waals surface area contributed by atoms with E-state index in [1.807, 2.05) is 19.1 Å². The summed E-state index contributed by atoms with van der Waals surface area (Å²) in [7, 11) is 0. The molecule has 0 spiro atoms. The van der Waals surface area contributed by atoms with Gasteiger partial charge in [-0.2, -0.15) is 0 Å². The lowest BCUT2D eigenvalue weighted by atomic mass is 10.1. The largest absolute Gasteiger partial charge is 0.454 e. The van der Waals surface area contributed by atoms with E-state index < -0.39 is 0 Å². The Bertz CT molecular complexity index is 1410. The second kappa shape index (κ2) is 8.75. The van der Waals surface area contributed by atoms with E-state index in [0.29, 0.717) is 50.0 Å². The summed E-state index contributed by atoms with van der Waals surface area (Å²) < 4.78 is 7.68. The lowest BCUT2D eigenvalue weighted by Gasteiger charge is -2.13. The molecule has 0 aliphatic carbocycles. The molecule has 1 amide bonds. The lowest BCUT2D eigenvalue weighted by Crippen LogP contribution is -2.21. The number of para-hydroxylation sites is 3. The molecular formula is C23H18ClN3O3S. The Kier molecular flexibility index (Phi) is 5.88. The van der Waals surface area contributed by atoms with Crippen LogP contribution < -0.4 is 15.6 Å². The SMILES string of the molecule is CCn1c(=S)[nH]c2cc(C(=O)Nc3ccccc3Oc3ccccc3Cl)ccc2c1=O. The van der Waals surface area contributed by atoms with Gasteiger partial charge in [0.25, 0.3) is 11.5 Å². The number of rotatable bonds is 5. The summed E-state index contributed by atoms with van der Waals surface area (Å²) in [6, 6.07) is 19.0. The molecule has 0 aliphatic rings. The van der Waals surface area contributed by atoms with Gasteiger partial charge in [-0.05, 0) is 61.6 Å². The summed E-state index contributed by atoms with van der Waals surface area (Å²) in [6.45, 7) is 2.31. The number of halogens is 1. The quantitative estimate of drug-likeness (QED) is 0.377. The van der Waals surface area contributed by atoms with Crippen molar-refractivity contribution in [1.82, 2.24) is 9.55 Å². The van der Waals surface area contributed by atoms with Gasteiger partial charge >= 0.3 is 0 Å². The zero-order valence-corrected chi connectivity index (χ0v) is 18.1. The summed E-state index contributed by atoms with van der Waals surface area (Å²) in [4.78, 5) is 28.5. The monoisotopic (exact) mass is 451 g/mol. The van der Waals surface area contributed by atoms with Crippen molar-refractivity contribution in [1.29, 1.82) is 0 Å². The molecule has 0 saturated carbocycles. The number of H-pyrrole nitrogens is 1. The van der Waals surface area contributed by atoms with E-state index in [2.05, 4.69) is 10.3 Å². The normalized spacial score (nSPS) is 10.8. The fraction of sp³-hybridized carbons (Fsp3) is 0.0870. The summed E-state index contributed by atoms with van der Waals surface area (Å²) in [5.74, 6) is 0.586. The first kappa shape index (κ1) is 20.8. The fourth-order valence-corrected chi connectivity index (χ4v) is 3.68. The standard InChI is InChI=1S/C23H18ClN3O3S/c1-2-27-22(29)15-12-11-14(13-18(15)26-23(27)31)21(28)25-17-8-4-6-10-20(17)30-19-9-5-3-7-16(19)24/h3-13H,2H2,1H3,(H,25,28)(H,26,31). The van der Waals surface area contributed by atoms with Crippen LogP contribution in [0.25, 0.3) is 10.9 Å². The molecule has 0 radical (unpaired) electrons. The minimum absolute atomic E-state index is 0.188. The second-order valence-electron chi connectivity index (χ2n) is 6.72. The average Bonchev–Trinajstić information content (AvgIpc) is 2.76. The van der Waals surface area contributed by atoms with E-state index in [9.17, 15) is 9.59 Å². The van der Waals surface area contributed by atoms with Crippen molar-refractivity contribution in [2.24, 2.45) is 0 Å². The van der Waals surface area contributed by atoms with Gasteiger partial charge < -0.3 is 15.0 Å². The molecule has 31 heavy (non-hydrogen) atoms. The smallest absolute Gasteiger partial charge is 0.262 e. The maximum Gasteiger partial charge on any atom is 0.262 e. The summed E-state index contributed by atoms with van der Waals surface area (Å²) in [5.41, 5.74) is 1.18. The molecule has 6 nitrogen and oxygen atoms in total. The van der Waals surface area contributed by atoms with Gasteiger partial charge in [-0.25, -0.2) is 0 Å². The van der Waals surface area contributed by atoms with Gasteiger partial charge in [0, 0.05) is 12.1 Å². The third kappa shape index (κ3) is 4.23. The number of nitrogens with one attached hydrogen (secondary N) is 2. The topological polar surface area (TPSA) is 76.1 Å². The number of fused-ring (bicyclic) bond motifs is 1. The highest BCUT2D eigenvalue weighted by molar-refractivity contribution is 7.71. The molecule has 0 aliphatic heterocycles. The number of hydrogen-bond donors (Lipinski definition) is 2. The first-order valence-electron chi connectivity index (χ1n) is 9.57. The first-order chi connectivity index (χ1) is 15.0. The number of anilines is 1. The van der Waals surface area contributed by atoms with E-state index in [0.717, 1.165) is 0 Å². The Morgan fingerprint density at radius 3 is 2.55 bits per heavy atom. The van der Waals surface area contributed by atoms with Crippen LogP contribution in [0.5, 0.6) is 11.5 Å². The summed E-state index contributed by atoms with van der Waals surface area (Å²) in [5, 5.41) is 3.78. The molecule has 1 aromatic heterocycles. The van der Waals surface area contributed by atoms with E-state index in [-0.39, 0.29) is 11.5 Å². The first-order valence-corrected chi connectivity index (χ1v) is 10.4. The Hall–Kier alpha value is -3.42. The molecule has 0 atom stereocenters. The number of carbonyl (C=O) groups excluding carboxylic acids is 1. The van der Waals surface area contributed by atoms with E-state index in [1.54, 1.807) is 54.6 Å². The Balaban J connectivity index is 1.65. The number of nitrogens with zero attached hydrogens (tertiary/aromatic N) is 1. The predicted octanol–water partition coefficient (Wildman–Crippen LogP) is 5.78. The van der Waals surface area contributed by atoms with Gasteiger partial charge in [0.1, 0.15) is 5.75 Å². The fourth-order valence-electron chi connectivity index (χ4n) is 3.18. The molecule has 156 valence electrons. The van der Waals surface area contributed by atoms with Crippen LogP contribution in [0.3, 0.4) is 0 Å². The molecule has 4 aromatic rings. The van der Waals surface area contributed by atoms with E-state index in [1.165, 1.54) is 4.57 Å². The molecule has 0 fully saturated rings. The molecule has 1 heterocycles. The number of carbonyl (C=O) groups is 1. The van der Waals surface area contributed by atoms with Crippen molar-refractivity contribution in [2.75, 3.05) is 5.32 Å². The van der Waals surface area contributed by atoms with E-state index >= 15 is 0 Å². The van der Waals surface area contributed by atoms with E-state index in [4.69, 9.17) is 28.6 Å². The van der Waals surface area contributed by atoms with Gasteiger partial charge in [0.2, 0.25) is 0 Å². The van der Waals surface area contributed by atoms with Gasteiger partial charge in [0.15, 0.2) is 10.5 Å². The van der Waals surface area contributed by atoms with Crippen LogP contribution in [0, 0.1) is 4.77 Å². The van der Waals surface area contributed by atoms with Crippen LogP contribution in [-0.4, -0.2) is 15.5 Å². The van der Waals surface area contributed by atoms with Gasteiger partial charge in [-0.15, -0.1) is 0 Å². The van der Waals surface area contributed by atoms with Crippen LogP contribution in [0.1, 0.15) is 17.3 Å². The van der Waals surface area contributed by atoms with Crippen molar-refractivity contribution < 1.29 is 9.53 Å². The lowest BCUT2D eigenvalue weighted by molar-refractivity contribution is 0.102. The molecule has 8 heteroatoms. The molecule has 0 saturated heterocycles. The van der Waals surface area contributed by atoms with Crippen molar-refractivity contribution in [3.63, 3.8) is 0 Å². The second-order valence-corrected chi connectivity index (χ2v) is 7.52. The van der Waals surface area contributed by atoms with Crippen LogP contribution in [-0.2, 0) is 6.54 Å². The molecule has 4 rings (SSSR count). The Labute approximate surface area is 188 Å². The van der Waals surface area contributed by atoms with Crippen LogP contribution >= 0.6 is 23.8 Å². The van der Waals surface area contributed by atoms with Crippen LogP contribution in [0.2, 0.25) is 5.02 Å². The molecule has 3 aromatic carbocycles. The third-order valence-electron chi connectivity index (χ3n) is 4.75. The summed E-state index contributed by atoms with van der Waals surface area (Å²) >= 11 is 11.4. The number of aromatic nitrogens is 2. The zero-order chi connectivity index (χ0) is 22.0. The number of benzene rings is 3. The predicted molar refractivity (Wildman–Crippen MR) is 125 cm³/mol. The number of ether oxygens (including phenoxy) is 1. The minimum atomic E-state index is -0.351. The highest BCUT2D eigenvalue weighted by atomic mass is 35.5. The molecule has 2 N–H and O–H groups in total. The molecule has 0 unspecified atom stereocenters. The van der Waals surface area contributed by atoms with Crippen molar-refractivity contribution in [3.05, 3.63) is 92.4 Å². The van der Waals surface area contributed by atoms with Gasteiger partial charge in [-0.3, -0.25) is 14.2 Å². The number of aromatic amines is 1. The zero-order valence-electron chi connectivity index (χ0n) is 16.5. The van der Waals surface area contributed by atoms with Crippen molar-refractivity contribution in [2.45, 2.75) is 13.5 Å². The number of hydrogen-bond acceptors (Lipinski definition) is 4. The van der Waals surface area contributed by atoms with Crippen LogP contribution in [0.15, 0.2) is 71.5 Å². The van der Waals surface area contributed by atoms with Gasteiger partial charge in [-0.1, -0.05) is 35.9 Å². The van der Waals surface area contributed by atoms with Crippen molar-refractivity contribution in [3.8, 4) is 11.5 Å². The average molecular weight is 452 g/mol. The van der Waals surface area contributed by atoms with Gasteiger partial charge in [0.05, 0.1) is 21.6 Å². The molecular weight excluding hydrogens is 434 g/mol. The maximum atomic E-state index is 12.9. The maximum absolute atomic E-state index is 12.9. The summed E-state index contributed by atoms with van der Waals surface area (Å²) in [6.07, 6.45) is 0. The van der Waals surface area contributed by atoms with Crippen molar-refractivity contribution >= 4 is 46.3 Å². The third-order valence-corrected chi connectivity index (χ3v) is 5.39. The highest BCUT2D eigenvalue weighted by Gasteiger charge is 2.13. The minimum Gasteiger partial charge on any atom is -0.454 e.